The minimum atomic E-state index is -0.864. The molecule has 0 heterocycles. The zero-order chi connectivity index (χ0) is 15.7. The summed E-state index contributed by atoms with van der Waals surface area (Å²) in [5.74, 6) is -1.70. The maximum Gasteiger partial charge on any atom is 0.323 e. The number of methoxy groups -OCH3 is 1. The van der Waals surface area contributed by atoms with Crippen LogP contribution in [0.5, 0.6) is 0 Å². The Labute approximate surface area is 123 Å². The van der Waals surface area contributed by atoms with Crippen molar-refractivity contribution in [2.75, 3.05) is 13.7 Å². The fraction of sp³-hybridized carbons (Fsp3) is 0.400. The zero-order valence-electron chi connectivity index (χ0n) is 12.1. The Morgan fingerprint density at radius 3 is 2.52 bits per heavy atom. The van der Waals surface area contributed by atoms with Gasteiger partial charge in [-0.15, -0.1) is 0 Å². The van der Waals surface area contributed by atoms with E-state index >= 15 is 0 Å². The van der Waals surface area contributed by atoms with Crippen molar-refractivity contribution in [2.24, 2.45) is 5.92 Å². The number of hydrogen-bond acceptors (Lipinski definition) is 6. The predicted octanol–water partition coefficient (Wildman–Crippen LogP) is 0.696. The molecule has 0 radical (unpaired) electrons. The SMILES string of the molecule is COC(=O)[C@@H](NCC(=O)OCc1ccccc1)[C@@H](C)C=O. The van der Waals surface area contributed by atoms with E-state index < -0.39 is 23.9 Å². The van der Waals surface area contributed by atoms with Crippen LogP contribution in [-0.2, 0) is 30.5 Å². The Bertz CT molecular complexity index is 474. The van der Waals surface area contributed by atoms with Crippen LogP contribution >= 0.6 is 0 Å². The first-order chi connectivity index (χ1) is 10.1. The van der Waals surface area contributed by atoms with Crippen LogP contribution in [0.25, 0.3) is 0 Å². The number of carbonyl (C=O) groups excluding carboxylic acids is 3. The van der Waals surface area contributed by atoms with Crippen molar-refractivity contribution < 1.29 is 23.9 Å². The molecule has 0 saturated heterocycles. The Balaban J connectivity index is 2.42. The van der Waals surface area contributed by atoms with Crippen LogP contribution in [0.1, 0.15) is 12.5 Å². The normalized spacial score (nSPS) is 13.0. The minimum absolute atomic E-state index is 0.160. The topological polar surface area (TPSA) is 81.7 Å². The third kappa shape index (κ3) is 5.74. The number of benzene rings is 1. The molecule has 21 heavy (non-hydrogen) atoms. The predicted molar refractivity (Wildman–Crippen MR) is 75.3 cm³/mol. The Morgan fingerprint density at radius 1 is 1.29 bits per heavy atom. The molecule has 0 amide bonds. The summed E-state index contributed by atoms with van der Waals surface area (Å²) >= 11 is 0. The number of rotatable bonds is 8. The quantitative estimate of drug-likeness (QED) is 0.561. The Morgan fingerprint density at radius 2 is 1.95 bits per heavy atom. The molecular formula is C15H19NO5. The highest BCUT2D eigenvalue weighted by Gasteiger charge is 2.26. The van der Waals surface area contributed by atoms with E-state index in [2.05, 4.69) is 10.1 Å². The average molecular weight is 293 g/mol. The summed E-state index contributed by atoms with van der Waals surface area (Å²) in [4.78, 5) is 33.9. The molecule has 114 valence electrons. The van der Waals surface area contributed by atoms with Crippen LogP contribution in [0, 0.1) is 5.92 Å². The summed E-state index contributed by atoms with van der Waals surface area (Å²) in [5.41, 5.74) is 0.872. The van der Waals surface area contributed by atoms with Crippen LogP contribution in [-0.4, -0.2) is 37.9 Å². The first-order valence-corrected chi connectivity index (χ1v) is 6.54. The average Bonchev–Trinajstić information content (AvgIpc) is 2.53. The monoisotopic (exact) mass is 293 g/mol. The maximum absolute atomic E-state index is 11.6. The molecule has 1 rings (SSSR count). The first-order valence-electron chi connectivity index (χ1n) is 6.54. The smallest absolute Gasteiger partial charge is 0.323 e. The van der Waals surface area contributed by atoms with Gasteiger partial charge in [-0.3, -0.25) is 14.9 Å². The summed E-state index contributed by atoms with van der Waals surface area (Å²) in [5, 5.41) is 2.68. The lowest BCUT2D eigenvalue weighted by atomic mass is 10.0. The molecule has 0 spiro atoms. The largest absolute Gasteiger partial charge is 0.468 e. The van der Waals surface area contributed by atoms with Gasteiger partial charge in [0.2, 0.25) is 0 Å². The van der Waals surface area contributed by atoms with Crippen molar-refractivity contribution in [3.63, 3.8) is 0 Å². The third-order valence-electron chi connectivity index (χ3n) is 2.90. The fourth-order valence-electron chi connectivity index (χ4n) is 1.67. The highest BCUT2D eigenvalue weighted by molar-refractivity contribution is 5.81. The van der Waals surface area contributed by atoms with Crippen LogP contribution in [0.15, 0.2) is 30.3 Å². The molecular weight excluding hydrogens is 274 g/mol. The molecule has 0 aliphatic carbocycles. The Hall–Kier alpha value is -2.21. The Kier molecular flexibility index (Phi) is 7.11. The fourth-order valence-corrected chi connectivity index (χ4v) is 1.67. The van der Waals surface area contributed by atoms with Gasteiger partial charge in [0, 0.05) is 5.92 Å². The molecule has 2 atom stereocenters. The third-order valence-corrected chi connectivity index (χ3v) is 2.90. The van der Waals surface area contributed by atoms with Gasteiger partial charge in [-0.2, -0.15) is 0 Å². The van der Waals surface area contributed by atoms with Crippen molar-refractivity contribution in [2.45, 2.75) is 19.6 Å². The summed E-state index contributed by atoms with van der Waals surface area (Å²) in [6.07, 6.45) is 0.629. The van der Waals surface area contributed by atoms with Gasteiger partial charge in [-0.25, -0.2) is 0 Å². The highest BCUT2D eigenvalue weighted by atomic mass is 16.5. The van der Waals surface area contributed by atoms with E-state index in [1.165, 1.54) is 7.11 Å². The number of esters is 2. The molecule has 0 aromatic heterocycles. The molecule has 0 saturated carbocycles. The van der Waals surface area contributed by atoms with E-state index in [-0.39, 0.29) is 13.2 Å². The molecule has 0 fully saturated rings. The second-order valence-electron chi connectivity index (χ2n) is 4.52. The van der Waals surface area contributed by atoms with Crippen LogP contribution in [0.2, 0.25) is 0 Å². The van der Waals surface area contributed by atoms with Gasteiger partial charge in [0.1, 0.15) is 18.9 Å². The van der Waals surface area contributed by atoms with Crippen molar-refractivity contribution in [1.29, 1.82) is 0 Å². The zero-order valence-corrected chi connectivity index (χ0v) is 12.1. The van der Waals surface area contributed by atoms with Crippen LogP contribution in [0.4, 0.5) is 0 Å². The lowest BCUT2D eigenvalue weighted by Crippen LogP contribution is -2.45. The van der Waals surface area contributed by atoms with Crippen molar-refractivity contribution in [3.8, 4) is 0 Å². The van der Waals surface area contributed by atoms with Crippen molar-refractivity contribution in [1.82, 2.24) is 5.32 Å². The number of hydrogen-bond donors (Lipinski definition) is 1. The molecule has 6 nitrogen and oxygen atoms in total. The lowest BCUT2D eigenvalue weighted by molar-refractivity contribution is -0.147. The molecule has 1 aromatic rings. The van der Waals surface area contributed by atoms with E-state index in [1.54, 1.807) is 6.92 Å². The molecule has 0 unspecified atom stereocenters. The number of nitrogens with one attached hydrogen (secondary N) is 1. The van der Waals surface area contributed by atoms with Gasteiger partial charge in [-0.05, 0) is 5.56 Å². The van der Waals surface area contributed by atoms with E-state index in [1.807, 2.05) is 30.3 Å². The van der Waals surface area contributed by atoms with Gasteiger partial charge in [-0.1, -0.05) is 37.3 Å². The molecule has 0 aliphatic heterocycles. The summed E-state index contributed by atoms with van der Waals surface area (Å²) in [7, 11) is 1.22. The molecule has 1 N–H and O–H groups in total. The molecule has 0 bridgehead atoms. The number of carbonyl (C=O) groups is 3. The van der Waals surface area contributed by atoms with Gasteiger partial charge in [0.25, 0.3) is 0 Å². The van der Waals surface area contributed by atoms with Crippen LogP contribution < -0.4 is 5.32 Å². The summed E-state index contributed by atoms with van der Waals surface area (Å²) in [6, 6.07) is 8.38. The number of ether oxygens (including phenoxy) is 2. The van der Waals surface area contributed by atoms with E-state index in [0.29, 0.717) is 6.29 Å². The molecule has 1 aromatic carbocycles. The second-order valence-corrected chi connectivity index (χ2v) is 4.52. The van der Waals surface area contributed by atoms with Gasteiger partial charge < -0.3 is 14.3 Å². The minimum Gasteiger partial charge on any atom is -0.468 e. The number of aldehydes is 1. The van der Waals surface area contributed by atoms with Gasteiger partial charge in [0.05, 0.1) is 13.7 Å². The molecule has 0 aliphatic rings. The van der Waals surface area contributed by atoms with E-state index in [4.69, 9.17) is 4.74 Å². The summed E-state index contributed by atoms with van der Waals surface area (Å²) < 4.78 is 9.65. The lowest BCUT2D eigenvalue weighted by Gasteiger charge is -2.18. The van der Waals surface area contributed by atoms with Crippen LogP contribution in [0.3, 0.4) is 0 Å². The van der Waals surface area contributed by atoms with Crippen molar-refractivity contribution in [3.05, 3.63) is 35.9 Å². The van der Waals surface area contributed by atoms with Crippen molar-refractivity contribution >= 4 is 18.2 Å². The van der Waals surface area contributed by atoms with E-state index in [9.17, 15) is 14.4 Å². The standard InChI is InChI=1S/C15H19NO5/c1-11(9-17)14(15(19)20-2)16-8-13(18)21-10-12-6-4-3-5-7-12/h3-7,9,11,14,16H,8,10H2,1-2H3/t11-,14-/m0/s1. The first kappa shape index (κ1) is 16.8. The maximum atomic E-state index is 11.6. The summed E-state index contributed by atoms with van der Waals surface area (Å²) in [6.45, 7) is 1.55. The van der Waals surface area contributed by atoms with Gasteiger partial charge >= 0.3 is 11.9 Å². The highest BCUT2D eigenvalue weighted by Crippen LogP contribution is 2.03. The van der Waals surface area contributed by atoms with E-state index in [0.717, 1.165) is 5.56 Å². The second kappa shape index (κ2) is 8.86. The molecule has 6 heteroatoms. The van der Waals surface area contributed by atoms with Gasteiger partial charge in [0.15, 0.2) is 0 Å².